The predicted octanol–water partition coefficient (Wildman–Crippen LogP) is 12.1. The molecule has 1 aliphatic carbocycles. The number of hydrogen-bond donors (Lipinski definition) is 0. The van der Waals surface area contributed by atoms with E-state index in [9.17, 15) is 0 Å². The van der Waals surface area contributed by atoms with Gasteiger partial charge in [0.25, 0.3) is 0 Å². The lowest BCUT2D eigenvalue weighted by Crippen LogP contribution is -2.05. The van der Waals surface area contributed by atoms with E-state index >= 15 is 0 Å². The largest absolute Gasteiger partial charge is 0.266 e. The van der Waals surface area contributed by atoms with Crippen LogP contribution in [0.25, 0.3) is 60.1 Å². The maximum atomic E-state index is 4.49. The molecule has 1 atom stereocenters. The second-order valence-corrected chi connectivity index (χ2v) is 12.4. The predicted molar refractivity (Wildman–Crippen MR) is 190 cm³/mol. The number of rotatable bonds is 4. The van der Waals surface area contributed by atoms with Crippen molar-refractivity contribution in [2.24, 2.45) is 4.99 Å². The van der Waals surface area contributed by atoms with Crippen molar-refractivity contribution in [1.29, 1.82) is 0 Å². The fourth-order valence-electron chi connectivity index (χ4n) is 7.36. The number of hydrogen-bond acceptors (Lipinski definition) is 1. The number of aliphatic imine (C=N–C) groups is 1. The van der Waals surface area contributed by atoms with Gasteiger partial charge in [-0.15, -0.1) is 0 Å². The van der Waals surface area contributed by atoms with Crippen LogP contribution in [0.1, 0.15) is 50.2 Å². The van der Waals surface area contributed by atoms with E-state index in [4.69, 9.17) is 0 Å². The Bertz CT molecular complexity index is 2170. The fourth-order valence-corrected chi connectivity index (χ4v) is 7.36. The number of nitrogens with zero attached hydrogens (tertiary/aromatic N) is 1. The number of allylic oxidation sites excluding steroid dienone is 5. The molecular weight excluding hydrogens is 530 g/mol. The van der Waals surface area contributed by atoms with E-state index in [1.807, 2.05) is 6.20 Å². The lowest BCUT2D eigenvalue weighted by molar-refractivity contribution is 0.871. The van der Waals surface area contributed by atoms with E-state index < -0.39 is 0 Å². The summed E-state index contributed by atoms with van der Waals surface area (Å²) in [7, 11) is 0. The minimum atomic E-state index is 0.354. The Morgan fingerprint density at radius 2 is 1.18 bits per heavy atom. The molecule has 0 amide bonds. The summed E-state index contributed by atoms with van der Waals surface area (Å²) in [6, 6.07) is 40.9. The summed E-state index contributed by atoms with van der Waals surface area (Å²) in [6.07, 6.45) is 12.0. The van der Waals surface area contributed by atoms with Gasteiger partial charge in [0, 0.05) is 17.8 Å². The van der Waals surface area contributed by atoms with E-state index in [1.54, 1.807) is 0 Å². The minimum Gasteiger partial charge on any atom is -0.266 e. The minimum absolute atomic E-state index is 0.354. The third-order valence-corrected chi connectivity index (χ3v) is 9.56. The van der Waals surface area contributed by atoms with Gasteiger partial charge in [-0.3, -0.25) is 4.99 Å². The van der Waals surface area contributed by atoms with Gasteiger partial charge in [0.05, 0.1) is 0 Å². The summed E-state index contributed by atoms with van der Waals surface area (Å²) < 4.78 is 0. The van der Waals surface area contributed by atoms with Crippen molar-refractivity contribution >= 4 is 43.6 Å². The Morgan fingerprint density at radius 3 is 1.82 bits per heavy atom. The summed E-state index contributed by atoms with van der Waals surface area (Å²) in [4.78, 5) is 4.49. The average Bonchev–Trinajstić information content (AvgIpc) is 3.07. The highest BCUT2D eigenvalue weighted by molar-refractivity contribution is 6.23. The molecule has 0 radical (unpaired) electrons. The van der Waals surface area contributed by atoms with Crippen molar-refractivity contribution in [3.05, 3.63) is 150 Å². The topological polar surface area (TPSA) is 12.4 Å². The third kappa shape index (κ3) is 4.52. The molecule has 2 aliphatic rings. The van der Waals surface area contributed by atoms with Crippen LogP contribution in [0.15, 0.2) is 144 Å². The van der Waals surface area contributed by atoms with Gasteiger partial charge in [0.15, 0.2) is 0 Å². The maximum absolute atomic E-state index is 4.49. The standard InChI is InChI=1S/C43H35N/c1-28-18-20-30(21-19-28)34-22-23-41(36-13-4-3-12-35(34)36)43-39-16-7-5-14-37(39)42(38-15-6-8-17-40(38)43)33-11-9-10-31(27-33)32-24-25-44-29(2)26-32/h3-18,20,22-25,27,32H,19,21,26H2,1-2H3. The molecule has 44 heavy (non-hydrogen) atoms. The van der Waals surface area contributed by atoms with Crippen molar-refractivity contribution < 1.29 is 0 Å². The SMILES string of the molecule is CC1=CC=C(c2ccc(-c3c4ccccc4c(-c4cccc(C5C=CN=C(C)C5)c4)c4ccccc34)c3ccccc23)CC1. The van der Waals surface area contributed by atoms with Crippen molar-refractivity contribution in [1.82, 2.24) is 0 Å². The van der Waals surface area contributed by atoms with Crippen LogP contribution in [-0.4, -0.2) is 5.71 Å². The van der Waals surface area contributed by atoms with Crippen molar-refractivity contribution in [2.75, 3.05) is 0 Å². The quantitative estimate of drug-likeness (QED) is 0.189. The van der Waals surface area contributed by atoms with Crippen LogP contribution in [0.4, 0.5) is 0 Å². The molecular formula is C43H35N. The average molecular weight is 566 g/mol. The highest BCUT2D eigenvalue weighted by Crippen LogP contribution is 2.46. The molecule has 1 heterocycles. The maximum Gasteiger partial charge on any atom is 0.0233 e. The molecule has 0 saturated heterocycles. The first-order chi connectivity index (χ1) is 21.7. The molecule has 0 fully saturated rings. The molecule has 212 valence electrons. The first-order valence-corrected chi connectivity index (χ1v) is 15.8. The van der Waals surface area contributed by atoms with E-state index in [2.05, 4.69) is 146 Å². The lowest BCUT2D eigenvalue weighted by Gasteiger charge is -2.21. The van der Waals surface area contributed by atoms with Gasteiger partial charge in [-0.05, 0) is 104 Å². The fraction of sp³-hybridized carbons (Fsp3) is 0.140. The van der Waals surface area contributed by atoms with Gasteiger partial charge in [0.2, 0.25) is 0 Å². The van der Waals surface area contributed by atoms with Crippen LogP contribution in [0.2, 0.25) is 0 Å². The van der Waals surface area contributed by atoms with Crippen LogP contribution >= 0.6 is 0 Å². The van der Waals surface area contributed by atoms with E-state index in [1.165, 1.54) is 82.6 Å². The van der Waals surface area contributed by atoms with E-state index in [-0.39, 0.29) is 0 Å². The molecule has 6 aromatic rings. The molecule has 1 aliphatic heterocycles. The Kier molecular flexibility index (Phi) is 6.60. The Balaban J connectivity index is 1.38. The summed E-state index contributed by atoms with van der Waals surface area (Å²) in [5.41, 5.74) is 11.9. The van der Waals surface area contributed by atoms with E-state index in [0.29, 0.717) is 5.92 Å². The van der Waals surface area contributed by atoms with Gasteiger partial charge in [0.1, 0.15) is 0 Å². The summed E-state index contributed by atoms with van der Waals surface area (Å²) in [6.45, 7) is 4.35. The smallest absolute Gasteiger partial charge is 0.0233 e. The van der Waals surface area contributed by atoms with Gasteiger partial charge >= 0.3 is 0 Å². The van der Waals surface area contributed by atoms with E-state index in [0.717, 1.165) is 19.3 Å². The number of fused-ring (bicyclic) bond motifs is 3. The first-order valence-electron chi connectivity index (χ1n) is 15.8. The van der Waals surface area contributed by atoms with Gasteiger partial charge in [-0.1, -0.05) is 133 Å². The van der Waals surface area contributed by atoms with Crippen molar-refractivity contribution in [3.63, 3.8) is 0 Å². The van der Waals surface area contributed by atoms with Crippen LogP contribution in [-0.2, 0) is 0 Å². The molecule has 0 N–H and O–H groups in total. The van der Waals surface area contributed by atoms with Gasteiger partial charge < -0.3 is 0 Å². The Labute approximate surface area is 259 Å². The van der Waals surface area contributed by atoms with Gasteiger partial charge in [-0.25, -0.2) is 0 Å². The van der Waals surface area contributed by atoms with Gasteiger partial charge in [-0.2, -0.15) is 0 Å². The molecule has 0 aromatic heterocycles. The Morgan fingerprint density at radius 1 is 0.568 bits per heavy atom. The monoisotopic (exact) mass is 565 g/mol. The summed E-state index contributed by atoms with van der Waals surface area (Å²) in [5.74, 6) is 0.354. The zero-order valence-corrected chi connectivity index (χ0v) is 25.3. The number of benzene rings is 6. The second-order valence-electron chi connectivity index (χ2n) is 12.4. The highest BCUT2D eigenvalue weighted by Gasteiger charge is 2.20. The molecule has 6 aromatic carbocycles. The van der Waals surface area contributed by atoms with Crippen LogP contribution in [0, 0.1) is 0 Å². The summed E-state index contributed by atoms with van der Waals surface area (Å²) >= 11 is 0. The molecule has 1 nitrogen and oxygen atoms in total. The summed E-state index contributed by atoms with van der Waals surface area (Å²) in [5, 5.41) is 7.80. The Hall–Kier alpha value is -5.01. The second kappa shape index (κ2) is 10.9. The molecule has 0 bridgehead atoms. The van der Waals surface area contributed by atoms with Crippen LogP contribution in [0.3, 0.4) is 0 Å². The normalized spacial score (nSPS) is 16.7. The molecule has 0 saturated carbocycles. The van der Waals surface area contributed by atoms with Crippen LogP contribution in [0.5, 0.6) is 0 Å². The van der Waals surface area contributed by atoms with Crippen molar-refractivity contribution in [3.8, 4) is 22.3 Å². The highest BCUT2D eigenvalue weighted by atomic mass is 14.7. The molecule has 1 unspecified atom stereocenters. The zero-order chi connectivity index (χ0) is 29.6. The lowest BCUT2D eigenvalue weighted by atomic mass is 9.82. The van der Waals surface area contributed by atoms with Crippen LogP contribution < -0.4 is 0 Å². The third-order valence-electron chi connectivity index (χ3n) is 9.56. The zero-order valence-electron chi connectivity index (χ0n) is 25.3. The molecule has 1 heteroatoms. The first kappa shape index (κ1) is 26.6. The molecule has 0 spiro atoms. The van der Waals surface area contributed by atoms with Crippen molar-refractivity contribution in [2.45, 2.75) is 39.0 Å². The molecule has 8 rings (SSSR count).